The Balaban J connectivity index is 2.06. The lowest BCUT2D eigenvalue weighted by atomic mass is 10.0. The van der Waals surface area contributed by atoms with Gasteiger partial charge in [0.1, 0.15) is 6.61 Å². The number of rotatable bonds is 4. The van der Waals surface area contributed by atoms with Crippen molar-refractivity contribution in [3.63, 3.8) is 0 Å². The maximum Gasteiger partial charge on any atom is 0.248 e. The molecule has 0 bridgehead atoms. The Bertz CT molecular complexity index is 396. The molecule has 98 valence electrons. The summed E-state index contributed by atoms with van der Waals surface area (Å²) in [6.07, 6.45) is 4.26. The summed E-state index contributed by atoms with van der Waals surface area (Å²) in [5, 5.41) is 9.99. The fourth-order valence-corrected chi connectivity index (χ4v) is 2.36. The van der Waals surface area contributed by atoms with Gasteiger partial charge in [0.25, 0.3) is 0 Å². The molecule has 0 spiro atoms. The van der Waals surface area contributed by atoms with Gasteiger partial charge in [-0.3, -0.25) is 9.78 Å². The van der Waals surface area contributed by atoms with Gasteiger partial charge in [-0.25, -0.2) is 0 Å². The van der Waals surface area contributed by atoms with Crippen LogP contribution in [0.25, 0.3) is 0 Å². The third kappa shape index (κ3) is 2.86. The third-order valence-corrected chi connectivity index (χ3v) is 3.29. The van der Waals surface area contributed by atoms with Crippen LogP contribution in [0.2, 0.25) is 0 Å². The molecule has 0 aliphatic carbocycles. The summed E-state index contributed by atoms with van der Waals surface area (Å²) < 4.78 is 4.87. The average Bonchev–Trinajstić information content (AvgIpc) is 2.73. The molecule has 1 N–H and O–H groups in total. The van der Waals surface area contributed by atoms with Crippen molar-refractivity contribution in [2.45, 2.75) is 25.0 Å². The first-order chi connectivity index (χ1) is 8.72. The largest absolute Gasteiger partial charge is 0.391 e. The third-order valence-electron chi connectivity index (χ3n) is 3.29. The van der Waals surface area contributed by atoms with E-state index in [0.717, 1.165) is 5.56 Å². The van der Waals surface area contributed by atoms with Crippen LogP contribution < -0.4 is 0 Å². The first-order valence-electron chi connectivity index (χ1n) is 6.07. The van der Waals surface area contributed by atoms with Crippen molar-refractivity contribution in [1.82, 2.24) is 9.88 Å². The highest BCUT2D eigenvalue weighted by Gasteiger charge is 2.35. The quantitative estimate of drug-likeness (QED) is 0.831. The zero-order chi connectivity index (χ0) is 13.0. The minimum atomic E-state index is -0.459. The number of likely N-dealkylation sites (tertiary alicyclic amines) is 1. The zero-order valence-corrected chi connectivity index (χ0v) is 10.5. The van der Waals surface area contributed by atoms with E-state index in [1.165, 1.54) is 7.11 Å². The number of hydrogen-bond acceptors (Lipinski definition) is 4. The summed E-state index contributed by atoms with van der Waals surface area (Å²) in [6.45, 7) is 0.665. The number of aromatic nitrogens is 1. The number of methoxy groups -OCH3 is 1. The van der Waals surface area contributed by atoms with E-state index in [1.807, 2.05) is 12.1 Å². The number of hydrogen-bond donors (Lipinski definition) is 1. The highest BCUT2D eigenvalue weighted by molar-refractivity contribution is 5.78. The minimum absolute atomic E-state index is 0.0619. The molecule has 1 fully saturated rings. The molecule has 18 heavy (non-hydrogen) atoms. The van der Waals surface area contributed by atoms with E-state index >= 15 is 0 Å². The number of carbonyl (C=O) groups excluding carboxylic acids is 1. The zero-order valence-electron chi connectivity index (χ0n) is 10.5. The molecule has 2 rings (SSSR count). The monoisotopic (exact) mass is 250 g/mol. The molecule has 0 radical (unpaired) electrons. The summed E-state index contributed by atoms with van der Waals surface area (Å²) in [7, 11) is 1.50. The van der Waals surface area contributed by atoms with Crippen LogP contribution in [0.1, 0.15) is 12.0 Å². The molecule has 5 nitrogen and oxygen atoms in total. The molecule has 1 amide bonds. The Morgan fingerprint density at radius 1 is 1.56 bits per heavy atom. The Morgan fingerprint density at radius 3 is 2.94 bits per heavy atom. The predicted molar refractivity (Wildman–Crippen MR) is 65.9 cm³/mol. The molecule has 1 aliphatic heterocycles. The van der Waals surface area contributed by atoms with Crippen LogP contribution in [0, 0.1) is 0 Å². The normalized spacial score (nSPS) is 23.3. The summed E-state index contributed by atoms with van der Waals surface area (Å²) >= 11 is 0. The highest BCUT2D eigenvalue weighted by atomic mass is 16.5. The van der Waals surface area contributed by atoms with Crippen LogP contribution >= 0.6 is 0 Å². The Morgan fingerprint density at radius 2 is 2.28 bits per heavy atom. The van der Waals surface area contributed by atoms with Crippen LogP contribution in [0.5, 0.6) is 0 Å². The number of amides is 1. The Labute approximate surface area is 106 Å². The Hall–Kier alpha value is -1.46. The second-order valence-corrected chi connectivity index (χ2v) is 4.50. The van der Waals surface area contributed by atoms with E-state index in [1.54, 1.807) is 17.3 Å². The van der Waals surface area contributed by atoms with Crippen LogP contribution in [-0.4, -0.2) is 53.3 Å². The minimum Gasteiger partial charge on any atom is -0.391 e. The van der Waals surface area contributed by atoms with E-state index in [9.17, 15) is 9.90 Å². The smallest absolute Gasteiger partial charge is 0.248 e. The molecular weight excluding hydrogens is 232 g/mol. The molecule has 1 aromatic heterocycles. The van der Waals surface area contributed by atoms with Crippen LogP contribution in [-0.2, 0) is 16.0 Å². The first kappa shape index (κ1) is 13.0. The average molecular weight is 250 g/mol. The number of nitrogens with zero attached hydrogens (tertiary/aromatic N) is 2. The number of aliphatic hydroxyl groups is 1. The van der Waals surface area contributed by atoms with Crippen molar-refractivity contribution in [2.24, 2.45) is 0 Å². The molecule has 5 heteroatoms. The molecule has 0 saturated carbocycles. The van der Waals surface area contributed by atoms with Gasteiger partial charge >= 0.3 is 0 Å². The van der Waals surface area contributed by atoms with Crippen molar-refractivity contribution < 1.29 is 14.6 Å². The Kier molecular flexibility index (Phi) is 4.28. The molecule has 0 unspecified atom stereocenters. The van der Waals surface area contributed by atoms with Gasteiger partial charge in [-0.15, -0.1) is 0 Å². The van der Waals surface area contributed by atoms with Gasteiger partial charge in [-0.1, -0.05) is 0 Å². The van der Waals surface area contributed by atoms with E-state index < -0.39 is 6.10 Å². The number of ether oxygens (including phenoxy) is 1. The molecule has 0 aromatic carbocycles. The molecule has 1 aromatic rings. The van der Waals surface area contributed by atoms with Gasteiger partial charge < -0.3 is 14.7 Å². The molecular formula is C13H18N2O3. The molecule has 1 saturated heterocycles. The van der Waals surface area contributed by atoms with Gasteiger partial charge in [0, 0.05) is 26.0 Å². The highest BCUT2D eigenvalue weighted by Crippen LogP contribution is 2.21. The van der Waals surface area contributed by atoms with Crippen LogP contribution in [0.3, 0.4) is 0 Å². The summed E-state index contributed by atoms with van der Waals surface area (Å²) in [5.41, 5.74) is 1.08. The van der Waals surface area contributed by atoms with Crippen LogP contribution in [0.15, 0.2) is 24.5 Å². The van der Waals surface area contributed by atoms with Crippen molar-refractivity contribution in [3.8, 4) is 0 Å². The topological polar surface area (TPSA) is 62.7 Å². The van der Waals surface area contributed by atoms with Crippen molar-refractivity contribution >= 4 is 5.91 Å². The maximum absolute atomic E-state index is 11.9. The van der Waals surface area contributed by atoms with Crippen LogP contribution in [0.4, 0.5) is 0 Å². The molecule has 2 heterocycles. The van der Waals surface area contributed by atoms with Crippen molar-refractivity contribution in [2.75, 3.05) is 20.3 Å². The van der Waals surface area contributed by atoms with Gasteiger partial charge in [-0.05, 0) is 30.5 Å². The number of pyridine rings is 1. The first-order valence-corrected chi connectivity index (χ1v) is 6.07. The predicted octanol–water partition coefficient (Wildman–Crippen LogP) is 0.232. The van der Waals surface area contributed by atoms with Crippen molar-refractivity contribution in [1.29, 1.82) is 0 Å². The van der Waals surface area contributed by atoms with E-state index in [-0.39, 0.29) is 18.6 Å². The standard InChI is InChI=1S/C13H18N2O3/c1-18-9-13(17)15-7-4-12(16)11(15)8-10-2-5-14-6-3-10/h2-3,5-6,11-12,16H,4,7-9H2,1H3/t11-,12+/m0/s1. The second kappa shape index (κ2) is 5.93. The number of carbonyl (C=O) groups is 1. The van der Waals surface area contributed by atoms with E-state index in [0.29, 0.717) is 19.4 Å². The SMILES string of the molecule is COCC(=O)N1CC[C@@H](O)[C@@H]1Cc1ccncc1. The summed E-state index contributed by atoms with van der Waals surface area (Å²) in [5.74, 6) is -0.0619. The van der Waals surface area contributed by atoms with Gasteiger partial charge in [0.15, 0.2) is 0 Å². The summed E-state index contributed by atoms with van der Waals surface area (Å²) in [6, 6.07) is 3.66. The van der Waals surface area contributed by atoms with Gasteiger partial charge in [-0.2, -0.15) is 0 Å². The fourth-order valence-electron chi connectivity index (χ4n) is 2.36. The van der Waals surface area contributed by atoms with Crippen molar-refractivity contribution in [3.05, 3.63) is 30.1 Å². The fraction of sp³-hybridized carbons (Fsp3) is 0.538. The number of aliphatic hydroxyl groups excluding tert-OH is 1. The molecule has 1 aliphatic rings. The second-order valence-electron chi connectivity index (χ2n) is 4.50. The van der Waals surface area contributed by atoms with E-state index in [2.05, 4.69) is 4.98 Å². The van der Waals surface area contributed by atoms with E-state index in [4.69, 9.17) is 4.74 Å². The molecule has 2 atom stereocenters. The summed E-state index contributed by atoms with van der Waals surface area (Å²) in [4.78, 5) is 17.5. The lowest BCUT2D eigenvalue weighted by molar-refractivity contribution is -0.136. The van der Waals surface area contributed by atoms with Gasteiger partial charge in [0.05, 0.1) is 12.1 Å². The maximum atomic E-state index is 11.9. The van der Waals surface area contributed by atoms with Gasteiger partial charge in [0.2, 0.25) is 5.91 Å². The lowest BCUT2D eigenvalue weighted by Crippen LogP contribution is -2.42. The lowest BCUT2D eigenvalue weighted by Gasteiger charge is -2.26.